The Balaban J connectivity index is 2.65. The number of allylic oxidation sites excluding steroid dienone is 1. The summed E-state index contributed by atoms with van der Waals surface area (Å²) in [6, 6.07) is 5.67. The smallest absolute Gasteiger partial charge is 0.337 e. The lowest BCUT2D eigenvalue weighted by Gasteiger charge is -2.32. The molecule has 2 unspecified atom stereocenters. The maximum atomic E-state index is 13.0. The standard InChI is InChI=1S/C20H24N2O6/c1-6-20(4,5)28-19(25)16-12(3)21-11(2)15(18(23)24)17(16)13-8-7-9-14(10-13)22(26)27/h7-10,15,17H,6H2,1-5H3,(H,23,24). The van der Waals surface area contributed by atoms with Crippen molar-refractivity contribution in [2.24, 2.45) is 10.9 Å². The highest BCUT2D eigenvalue weighted by molar-refractivity contribution is 6.06. The number of nitro groups is 1. The molecule has 0 amide bonds. The van der Waals surface area contributed by atoms with Crippen molar-refractivity contribution < 1.29 is 24.4 Å². The second kappa shape index (κ2) is 7.92. The van der Waals surface area contributed by atoms with Crippen molar-refractivity contribution in [3.63, 3.8) is 0 Å². The van der Waals surface area contributed by atoms with Crippen molar-refractivity contribution in [2.75, 3.05) is 0 Å². The summed E-state index contributed by atoms with van der Waals surface area (Å²) in [5.74, 6) is -3.89. The molecule has 1 aliphatic rings. The lowest BCUT2D eigenvalue weighted by molar-refractivity contribution is -0.384. The summed E-state index contributed by atoms with van der Waals surface area (Å²) < 4.78 is 5.60. The van der Waals surface area contributed by atoms with Crippen molar-refractivity contribution in [3.05, 3.63) is 51.2 Å². The fourth-order valence-corrected chi connectivity index (χ4v) is 3.19. The lowest BCUT2D eigenvalue weighted by atomic mass is 9.75. The van der Waals surface area contributed by atoms with Gasteiger partial charge in [-0.05, 0) is 39.7 Å². The summed E-state index contributed by atoms with van der Waals surface area (Å²) in [4.78, 5) is 39.9. The second-order valence-electron chi connectivity index (χ2n) is 7.40. The minimum Gasteiger partial charge on any atom is -0.481 e. The number of carbonyl (C=O) groups excluding carboxylic acids is 1. The zero-order chi connectivity index (χ0) is 21.2. The molecule has 8 heteroatoms. The molecule has 0 saturated carbocycles. The van der Waals surface area contributed by atoms with Gasteiger partial charge in [0.15, 0.2) is 0 Å². The van der Waals surface area contributed by atoms with Crippen LogP contribution in [0.3, 0.4) is 0 Å². The number of benzene rings is 1. The number of esters is 1. The average molecular weight is 388 g/mol. The van der Waals surface area contributed by atoms with Crippen molar-refractivity contribution in [3.8, 4) is 0 Å². The first-order chi connectivity index (χ1) is 13.0. The molecule has 0 bridgehead atoms. The average Bonchev–Trinajstić information content (AvgIpc) is 2.60. The van der Waals surface area contributed by atoms with Gasteiger partial charge in [-0.25, -0.2) is 4.79 Å². The summed E-state index contributed by atoms with van der Waals surface area (Å²) >= 11 is 0. The van der Waals surface area contributed by atoms with E-state index in [4.69, 9.17) is 4.74 Å². The predicted octanol–water partition coefficient (Wildman–Crippen LogP) is 3.86. The summed E-state index contributed by atoms with van der Waals surface area (Å²) in [7, 11) is 0. The van der Waals surface area contributed by atoms with Gasteiger partial charge in [-0.3, -0.25) is 19.9 Å². The maximum absolute atomic E-state index is 13.0. The lowest BCUT2D eigenvalue weighted by Crippen LogP contribution is -2.37. The van der Waals surface area contributed by atoms with Crippen LogP contribution < -0.4 is 0 Å². The van der Waals surface area contributed by atoms with E-state index >= 15 is 0 Å². The molecule has 0 aliphatic carbocycles. The summed E-state index contributed by atoms with van der Waals surface area (Å²) in [6.07, 6.45) is 0.567. The van der Waals surface area contributed by atoms with Gasteiger partial charge in [-0.2, -0.15) is 0 Å². The molecule has 28 heavy (non-hydrogen) atoms. The molecular formula is C20H24N2O6. The van der Waals surface area contributed by atoms with Gasteiger partial charge in [-0.15, -0.1) is 0 Å². The van der Waals surface area contributed by atoms with Crippen molar-refractivity contribution in [1.82, 2.24) is 0 Å². The largest absolute Gasteiger partial charge is 0.481 e. The fourth-order valence-electron chi connectivity index (χ4n) is 3.19. The van der Waals surface area contributed by atoms with Crippen LogP contribution in [0.15, 0.2) is 40.5 Å². The number of non-ortho nitro benzene ring substituents is 1. The molecule has 150 valence electrons. The first kappa shape index (κ1) is 21.3. The summed E-state index contributed by atoms with van der Waals surface area (Å²) in [5.41, 5.74) is 0.223. The van der Waals surface area contributed by atoms with E-state index in [1.54, 1.807) is 33.8 Å². The minimum absolute atomic E-state index is 0.111. The van der Waals surface area contributed by atoms with E-state index in [9.17, 15) is 24.8 Å². The second-order valence-corrected chi connectivity index (χ2v) is 7.40. The molecular weight excluding hydrogens is 364 g/mol. The summed E-state index contributed by atoms with van der Waals surface area (Å²) in [5, 5.41) is 21.0. The van der Waals surface area contributed by atoms with Gasteiger partial charge in [0.05, 0.1) is 10.5 Å². The van der Waals surface area contributed by atoms with Gasteiger partial charge in [-0.1, -0.05) is 19.1 Å². The number of ether oxygens (including phenoxy) is 1. The number of aliphatic imine (C=N–C) groups is 1. The SMILES string of the molecule is CCC(C)(C)OC(=O)C1=C(C)N=C(C)C(C(=O)O)C1c1cccc([N+](=O)[O-])c1. The Morgan fingerprint density at radius 1 is 1.32 bits per heavy atom. The zero-order valence-electron chi connectivity index (χ0n) is 16.6. The van der Waals surface area contributed by atoms with E-state index < -0.39 is 34.3 Å². The Morgan fingerprint density at radius 3 is 2.50 bits per heavy atom. The quantitative estimate of drug-likeness (QED) is 0.449. The van der Waals surface area contributed by atoms with Crippen LogP contribution >= 0.6 is 0 Å². The van der Waals surface area contributed by atoms with Crippen LogP contribution in [0.25, 0.3) is 0 Å². The van der Waals surface area contributed by atoms with Gasteiger partial charge in [0.25, 0.3) is 5.69 Å². The van der Waals surface area contributed by atoms with Crippen molar-refractivity contribution in [1.29, 1.82) is 0 Å². The molecule has 1 aromatic rings. The summed E-state index contributed by atoms with van der Waals surface area (Å²) in [6.45, 7) is 8.58. The molecule has 0 fully saturated rings. The minimum atomic E-state index is -1.16. The molecule has 0 saturated heterocycles. The number of nitrogens with zero attached hydrogens (tertiary/aromatic N) is 2. The van der Waals surface area contributed by atoms with E-state index in [0.717, 1.165) is 0 Å². The third-order valence-corrected chi connectivity index (χ3v) is 4.97. The van der Waals surface area contributed by atoms with E-state index in [1.807, 2.05) is 6.92 Å². The molecule has 0 spiro atoms. The predicted molar refractivity (Wildman–Crippen MR) is 103 cm³/mol. The Morgan fingerprint density at radius 2 is 1.96 bits per heavy atom. The highest BCUT2D eigenvalue weighted by Crippen LogP contribution is 2.41. The van der Waals surface area contributed by atoms with Gasteiger partial charge >= 0.3 is 11.9 Å². The topological polar surface area (TPSA) is 119 Å². The molecule has 1 aliphatic heterocycles. The van der Waals surface area contributed by atoms with E-state index in [0.29, 0.717) is 23.4 Å². The molecule has 2 rings (SSSR count). The number of hydrogen-bond acceptors (Lipinski definition) is 6. The normalized spacial score (nSPS) is 19.8. The third kappa shape index (κ3) is 4.27. The van der Waals surface area contributed by atoms with Crippen LogP contribution in [0.2, 0.25) is 0 Å². The molecule has 0 aromatic heterocycles. The molecule has 1 aromatic carbocycles. The Bertz CT molecular complexity index is 884. The van der Waals surface area contributed by atoms with Crippen LogP contribution in [0, 0.1) is 16.0 Å². The van der Waals surface area contributed by atoms with E-state index in [-0.39, 0.29) is 11.3 Å². The third-order valence-electron chi connectivity index (χ3n) is 4.97. The Labute approximate surface area is 163 Å². The highest BCUT2D eigenvalue weighted by Gasteiger charge is 2.42. The molecule has 1 N–H and O–H groups in total. The number of carboxylic acid groups (broad SMARTS) is 1. The van der Waals surface area contributed by atoms with Crippen molar-refractivity contribution in [2.45, 2.75) is 52.6 Å². The van der Waals surface area contributed by atoms with Crippen LogP contribution in [-0.4, -0.2) is 33.3 Å². The first-order valence-corrected chi connectivity index (χ1v) is 8.95. The highest BCUT2D eigenvalue weighted by atomic mass is 16.6. The number of carbonyl (C=O) groups is 2. The maximum Gasteiger partial charge on any atom is 0.337 e. The van der Waals surface area contributed by atoms with Crippen LogP contribution in [0.1, 0.15) is 52.5 Å². The fraction of sp³-hybridized carbons (Fsp3) is 0.450. The first-order valence-electron chi connectivity index (χ1n) is 8.95. The number of nitro benzene ring substituents is 1. The van der Waals surface area contributed by atoms with Gasteiger partial charge < -0.3 is 9.84 Å². The monoisotopic (exact) mass is 388 g/mol. The number of hydrogen-bond donors (Lipinski definition) is 1. The number of aliphatic carboxylic acids is 1. The Kier molecular flexibility index (Phi) is 6.01. The molecule has 1 heterocycles. The van der Waals surface area contributed by atoms with Crippen LogP contribution in [0.5, 0.6) is 0 Å². The van der Waals surface area contributed by atoms with E-state index in [1.165, 1.54) is 18.2 Å². The molecule has 2 atom stereocenters. The number of rotatable bonds is 6. The van der Waals surface area contributed by atoms with E-state index in [2.05, 4.69) is 4.99 Å². The molecule has 8 nitrogen and oxygen atoms in total. The van der Waals surface area contributed by atoms with Crippen LogP contribution in [-0.2, 0) is 14.3 Å². The molecule has 0 radical (unpaired) electrons. The zero-order valence-corrected chi connectivity index (χ0v) is 16.6. The van der Waals surface area contributed by atoms with Crippen LogP contribution in [0.4, 0.5) is 5.69 Å². The van der Waals surface area contributed by atoms with Gasteiger partial charge in [0.2, 0.25) is 0 Å². The van der Waals surface area contributed by atoms with Crippen molar-refractivity contribution >= 4 is 23.3 Å². The van der Waals surface area contributed by atoms with Gasteiger partial charge in [0, 0.05) is 29.5 Å². The Hall–Kier alpha value is -3.03. The van der Waals surface area contributed by atoms with Gasteiger partial charge in [0.1, 0.15) is 11.5 Å². The number of carboxylic acids is 1.